The third kappa shape index (κ3) is 5.30. The van der Waals surface area contributed by atoms with E-state index in [9.17, 15) is 14.9 Å². The van der Waals surface area contributed by atoms with E-state index in [0.29, 0.717) is 12.4 Å². The fourth-order valence-corrected chi connectivity index (χ4v) is 2.05. The van der Waals surface area contributed by atoms with Gasteiger partial charge in [0.15, 0.2) is 0 Å². The fourth-order valence-electron chi connectivity index (χ4n) is 2.05. The van der Waals surface area contributed by atoms with E-state index < -0.39 is 11.1 Å². The molecular weight excluding hydrogens is 356 g/mol. The molecule has 0 radical (unpaired) electrons. The Labute approximate surface area is 153 Å². The van der Waals surface area contributed by atoms with Crippen molar-refractivity contribution in [1.82, 2.24) is 5.16 Å². The normalized spacial score (nSPS) is 10.2. The Bertz CT molecular complexity index is 890. The predicted molar refractivity (Wildman–Crippen MR) is 91.2 cm³/mol. The minimum absolute atomic E-state index is 0.0117. The van der Waals surface area contributed by atoms with Crippen LogP contribution in [0.1, 0.15) is 11.1 Å². The quantitative estimate of drug-likeness (QED) is 0.266. The maximum absolute atomic E-state index is 11.7. The highest BCUT2D eigenvalue weighted by Gasteiger charge is 2.09. The molecule has 0 bridgehead atoms. The van der Waals surface area contributed by atoms with Crippen molar-refractivity contribution in [2.45, 2.75) is 13.2 Å². The van der Waals surface area contributed by atoms with Crippen molar-refractivity contribution in [3.63, 3.8) is 0 Å². The lowest BCUT2D eigenvalue weighted by atomic mass is 10.2. The first kappa shape index (κ1) is 17.9. The number of carbonyl (C=O) groups is 1. The zero-order valence-electron chi connectivity index (χ0n) is 13.9. The van der Waals surface area contributed by atoms with Crippen LogP contribution in [0.15, 0.2) is 65.5 Å². The van der Waals surface area contributed by atoms with Crippen LogP contribution in [0.25, 0.3) is 0 Å². The second-order valence-electron chi connectivity index (χ2n) is 5.36. The monoisotopic (exact) mass is 370 g/mol. The molecule has 2 aromatic carbocycles. The minimum atomic E-state index is -0.906. The lowest BCUT2D eigenvalue weighted by Crippen LogP contribution is -2.10. The number of hydrogen-bond donors (Lipinski definition) is 0. The Kier molecular flexibility index (Phi) is 5.63. The zero-order chi connectivity index (χ0) is 19.1. The van der Waals surface area contributed by atoms with Crippen molar-refractivity contribution < 1.29 is 28.5 Å². The number of hydrogen-bond acceptors (Lipinski definition) is 8. The van der Waals surface area contributed by atoms with E-state index in [2.05, 4.69) is 5.16 Å². The second-order valence-corrected chi connectivity index (χ2v) is 5.36. The zero-order valence-corrected chi connectivity index (χ0v) is 13.9. The molecule has 0 spiro atoms. The maximum Gasteiger partial charge on any atom is 0.514 e. The standard InChI is InChI=1S/C18H14N2O7/c21-18(27-17-7-3-15(4-8-17)20(22)23)25-10-13-1-5-16(6-2-13)24-11-14-9-19-26-12-14/h1-9,12H,10-11H2. The number of non-ortho nitro benzene ring substituents is 1. The molecule has 0 aliphatic rings. The molecule has 0 amide bonds. The van der Waals surface area contributed by atoms with Crippen molar-refractivity contribution in [1.29, 1.82) is 0 Å². The van der Waals surface area contributed by atoms with E-state index >= 15 is 0 Å². The van der Waals surface area contributed by atoms with Crippen LogP contribution in [0, 0.1) is 10.1 Å². The number of ether oxygens (including phenoxy) is 3. The first-order valence-electron chi connectivity index (χ1n) is 7.79. The Morgan fingerprint density at radius 2 is 1.70 bits per heavy atom. The van der Waals surface area contributed by atoms with Gasteiger partial charge < -0.3 is 18.7 Å². The van der Waals surface area contributed by atoms with Crippen molar-refractivity contribution in [3.05, 3.63) is 82.2 Å². The molecule has 0 aliphatic carbocycles. The molecule has 0 atom stereocenters. The smallest absolute Gasteiger partial charge is 0.489 e. The molecule has 0 saturated carbocycles. The third-order valence-corrected chi connectivity index (χ3v) is 3.42. The van der Waals surface area contributed by atoms with E-state index in [1.54, 1.807) is 30.5 Å². The Morgan fingerprint density at radius 1 is 1.00 bits per heavy atom. The van der Waals surface area contributed by atoms with Gasteiger partial charge in [0.05, 0.1) is 11.1 Å². The minimum Gasteiger partial charge on any atom is -0.489 e. The number of benzene rings is 2. The third-order valence-electron chi connectivity index (χ3n) is 3.42. The molecule has 0 N–H and O–H groups in total. The van der Waals surface area contributed by atoms with Crippen LogP contribution in [0.5, 0.6) is 11.5 Å². The van der Waals surface area contributed by atoms with Gasteiger partial charge in [-0.15, -0.1) is 0 Å². The van der Waals surface area contributed by atoms with E-state index in [1.165, 1.54) is 30.5 Å². The summed E-state index contributed by atoms with van der Waals surface area (Å²) in [5.74, 6) is 0.802. The van der Waals surface area contributed by atoms with Crippen LogP contribution in [-0.4, -0.2) is 16.2 Å². The van der Waals surface area contributed by atoms with Crippen LogP contribution in [0.4, 0.5) is 10.5 Å². The van der Waals surface area contributed by atoms with Crippen LogP contribution >= 0.6 is 0 Å². The topological polar surface area (TPSA) is 114 Å². The highest BCUT2D eigenvalue weighted by atomic mass is 16.7. The molecule has 3 rings (SSSR count). The van der Waals surface area contributed by atoms with E-state index in [4.69, 9.17) is 18.7 Å². The lowest BCUT2D eigenvalue weighted by molar-refractivity contribution is -0.384. The Morgan fingerprint density at radius 3 is 2.33 bits per heavy atom. The second kappa shape index (κ2) is 8.48. The molecule has 9 nitrogen and oxygen atoms in total. The summed E-state index contributed by atoms with van der Waals surface area (Å²) in [5, 5.41) is 14.2. The number of carbonyl (C=O) groups excluding carboxylic acids is 1. The van der Waals surface area contributed by atoms with Crippen LogP contribution < -0.4 is 9.47 Å². The molecule has 0 aliphatic heterocycles. The molecule has 3 aromatic rings. The molecule has 0 unspecified atom stereocenters. The summed E-state index contributed by atoms with van der Waals surface area (Å²) in [4.78, 5) is 21.7. The van der Waals surface area contributed by atoms with Gasteiger partial charge in [-0.05, 0) is 29.8 Å². The fraction of sp³-hybridized carbons (Fsp3) is 0.111. The molecule has 9 heteroatoms. The Hall–Kier alpha value is -3.88. The Balaban J connectivity index is 1.44. The first-order valence-corrected chi connectivity index (χ1v) is 7.79. The summed E-state index contributed by atoms with van der Waals surface area (Å²) in [5.41, 5.74) is 1.46. The van der Waals surface area contributed by atoms with Gasteiger partial charge in [-0.3, -0.25) is 10.1 Å². The summed E-state index contributed by atoms with van der Waals surface area (Å²) >= 11 is 0. The van der Waals surface area contributed by atoms with Crippen molar-refractivity contribution >= 4 is 11.8 Å². The van der Waals surface area contributed by atoms with Gasteiger partial charge in [0.25, 0.3) is 5.69 Å². The summed E-state index contributed by atoms with van der Waals surface area (Å²) in [6.45, 7) is 0.346. The number of nitro benzene ring substituents is 1. The molecule has 1 heterocycles. The van der Waals surface area contributed by atoms with Gasteiger partial charge in [-0.25, -0.2) is 4.79 Å². The average molecular weight is 370 g/mol. The predicted octanol–water partition coefficient (Wildman–Crippen LogP) is 3.88. The lowest BCUT2D eigenvalue weighted by Gasteiger charge is -2.07. The van der Waals surface area contributed by atoms with E-state index in [0.717, 1.165) is 11.1 Å². The van der Waals surface area contributed by atoms with E-state index in [1.807, 2.05) is 0 Å². The van der Waals surface area contributed by atoms with Gasteiger partial charge in [0.1, 0.15) is 31.0 Å². The summed E-state index contributed by atoms with van der Waals surface area (Å²) in [6.07, 6.45) is 2.16. The maximum atomic E-state index is 11.7. The first-order chi connectivity index (χ1) is 13.1. The van der Waals surface area contributed by atoms with E-state index in [-0.39, 0.29) is 18.0 Å². The summed E-state index contributed by atoms with van der Waals surface area (Å²) < 4.78 is 20.2. The SMILES string of the molecule is O=C(OCc1ccc(OCc2cnoc2)cc1)Oc1ccc([N+](=O)[O-])cc1. The summed E-state index contributed by atoms with van der Waals surface area (Å²) in [7, 11) is 0. The molecule has 0 saturated heterocycles. The molecular formula is C18H14N2O7. The van der Waals surface area contributed by atoms with Crippen LogP contribution in [0.2, 0.25) is 0 Å². The average Bonchev–Trinajstić information content (AvgIpc) is 3.19. The van der Waals surface area contributed by atoms with Gasteiger partial charge in [0, 0.05) is 17.7 Å². The van der Waals surface area contributed by atoms with Gasteiger partial charge >= 0.3 is 6.16 Å². The largest absolute Gasteiger partial charge is 0.514 e. The highest BCUT2D eigenvalue weighted by Crippen LogP contribution is 2.18. The van der Waals surface area contributed by atoms with Crippen LogP contribution in [0.3, 0.4) is 0 Å². The number of nitro groups is 1. The molecule has 0 fully saturated rings. The molecule has 27 heavy (non-hydrogen) atoms. The highest BCUT2D eigenvalue weighted by molar-refractivity contribution is 5.64. The molecule has 138 valence electrons. The summed E-state index contributed by atoms with van der Waals surface area (Å²) in [6, 6.07) is 12.1. The van der Waals surface area contributed by atoms with Crippen molar-refractivity contribution in [2.24, 2.45) is 0 Å². The molecule has 1 aromatic heterocycles. The number of nitrogens with zero attached hydrogens (tertiary/aromatic N) is 2. The van der Waals surface area contributed by atoms with Gasteiger partial charge in [-0.1, -0.05) is 17.3 Å². The number of rotatable bonds is 7. The van der Waals surface area contributed by atoms with Crippen LogP contribution in [-0.2, 0) is 18.0 Å². The van der Waals surface area contributed by atoms with Gasteiger partial charge in [0.2, 0.25) is 0 Å². The van der Waals surface area contributed by atoms with Crippen molar-refractivity contribution in [3.8, 4) is 11.5 Å². The van der Waals surface area contributed by atoms with Gasteiger partial charge in [-0.2, -0.15) is 0 Å². The van der Waals surface area contributed by atoms with Crippen molar-refractivity contribution in [2.75, 3.05) is 0 Å². The number of aromatic nitrogens is 1.